The number of aromatic nitrogens is 2. The minimum Gasteiger partial charge on any atom is -0.456 e. The lowest BCUT2D eigenvalue weighted by Gasteiger charge is -2.23. The van der Waals surface area contributed by atoms with Crippen LogP contribution in [-0.4, -0.2) is 46.1 Å². The molecule has 1 amide bonds. The molecule has 9 heteroatoms. The first-order chi connectivity index (χ1) is 15.5. The molecule has 0 spiro atoms. The van der Waals surface area contributed by atoms with Crippen LogP contribution >= 0.6 is 0 Å². The number of nitrogens with zero attached hydrogens (tertiary/aromatic N) is 1. The molecule has 2 heterocycles. The molecule has 1 unspecified atom stereocenters. The van der Waals surface area contributed by atoms with Gasteiger partial charge < -0.3 is 19.8 Å². The largest absolute Gasteiger partial charge is 0.456 e. The first-order valence-electron chi connectivity index (χ1n) is 10.4. The fourth-order valence-electron chi connectivity index (χ4n) is 3.17. The molecule has 2 aromatic heterocycles. The van der Waals surface area contributed by atoms with E-state index in [-0.39, 0.29) is 17.8 Å². The van der Waals surface area contributed by atoms with Crippen LogP contribution in [-0.2, 0) is 20.7 Å². The van der Waals surface area contributed by atoms with Gasteiger partial charge in [-0.25, -0.2) is 19.0 Å². The summed E-state index contributed by atoms with van der Waals surface area (Å²) in [6, 6.07) is 8.78. The van der Waals surface area contributed by atoms with Crippen LogP contribution in [0.5, 0.6) is 0 Å². The summed E-state index contributed by atoms with van der Waals surface area (Å²) in [5, 5.41) is 3.42. The molecule has 8 nitrogen and oxygen atoms in total. The smallest absolute Gasteiger partial charge is 0.408 e. The number of hydrogen-bond donors (Lipinski definition) is 2. The highest BCUT2D eigenvalue weighted by Gasteiger charge is 2.27. The van der Waals surface area contributed by atoms with Gasteiger partial charge in [-0.15, -0.1) is 0 Å². The van der Waals surface area contributed by atoms with E-state index in [9.17, 15) is 18.8 Å². The lowest BCUT2D eigenvalue weighted by molar-refractivity contribution is -0.145. The average Bonchev–Trinajstić information content (AvgIpc) is 3.15. The third kappa shape index (κ3) is 6.38. The maximum absolute atomic E-state index is 13.4. The van der Waals surface area contributed by atoms with Crippen molar-refractivity contribution in [2.24, 2.45) is 0 Å². The Morgan fingerprint density at radius 1 is 1.15 bits per heavy atom. The van der Waals surface area contributed by atoms with E-state index < -0.39 is 41.9 Å². The van der Waals surface area contributed by atoms with Crippen LogP contribution in [0.2, 0.25) is 0 Å². The SMILES string of the molecule is Cc1nc(C(=O)COC(=O)C(Cc2c[nH]c3ccccc23)NC(=O)OC(C)(C)C)ccc1F. The third-order valence-electron chi connectivity index (χ3n) is 4.73. The van der Waals surface area contributed by atoms with Gasteiger partial charge in [0.05, 0.1) is 5.69 Å². The van der Waals surface area contributed by atoms with Crippen molar-refractivity contribution >= 4 is 28.7 Å². The molecule has 0 aliphatic carbocycles. The number of rotatable bonds is 7. The van der Waals surface area contributed by atoms with Crippen molar-refractivity contribution in [1.82, 2.24) is 15.3 Å². The highest BCUT2D eigenvalue weighted by atomic mass is 19.1. The van der Waals surface area contributed by atoms with Gasteiger partial charge in [0.25, 0.3) is 0 Å². The lowest BCUT2D eigenvalue weighted by Crippen LogP contribution is -2.45. The third-order valence-corrected chi connectivity index (χ3v) is 4.73. The van der Waals surface area contributed by atoms with Crippen LogP contribution in [0.3, 0.4) is 0 Å². The Morgan fingerprint density at radius 2 is 1.88 bits per heavy atom. The molecule has 3 aromatic rings. The molecule has 0 fully saturated rings. The van der Waals surface area contributed by atoms with Gasteiger partial charge in [-0.2, -0.15) is 0 Å². The number of para-hydroxylation sites is 1. The van der Waals surface area contributed by atoms with Crippen LogP contribution in [0, 0.1) is 12.7 Å². The first-order valence-corrected chi connectivity index (χ1v) is 10.4. The number of fused-ring (bicyclic) bond motifs is 1. The van der Waals surface area contributed by atoms with Crippen LogP contribution < -0.4 is 5.32 Å². The number of nitrogens with one attached hydrogen (secondary N) is 2. The molecule has 2 N–H and O–H groups in total. The summed E-state index contributed by atoms with van der Waals surface area (Å²) in [5.74, 6) is -1.93. The second kappa shape index (κ2) is 9.81. The Bertz CT molecular complexity index is 1180. The van der Waals surface area contributed by atoms with Crippen molar-refractivity contribution in [3.05, 3.63) is 65.4 Å². The molecular formula is C24H26FN3O5. The molecule has 0 aliphatic heterocycles. The lowest BCUT2D eigenvalue weighted by atomic mass is 10.1. The molecular weight excluding hydrogens is 429 g/mol. The summed E-state index contributed by atoms with van der Waals surface area (Å²) in [6.45, 7) is 5.94. The van der Waals surface area contributed by atoms with E-state index >= 15 is 0 Å². The number of carbonyl (C=O) groups is 3. The summed E-state index contributed by atoms with van der Waals surface area (Å²) in [5.41, 5.74) is 0.947. The zero-order valence-corrected chi connectivity index (χ0v) is 18.9. The van der Waals surface area contributed by atoms with E-state index in [0.29, 0.717) is 0 Å². The van der Waals surface area contributed by atoms with Crippen molar-refractivity contribution in [2.45, 2.75) is 45.8 Å². The number of aromatic amines is 1. The van der Waals surface area contributed by atoms with Gasteiger partial charge in [0.1, 0.15) is 23.2 Å². The minimum absolute atomic E-state index is 0.0185. The predicted molar refractivity (Wildman–Crippen MR) is 119 cm³/mol. The number of hydrogen-bond acceptors (Lipinski definition) is 6. The van der Waals surface area contributed by atoms with Gasteiger partial charge in [-0.1, -0.05) is 18.2 Å². The Morgan fingerprint density at radius 3 is 2.58 bits per heavy atom. The topological polar surface area (TPSA) is 110 Å². The first kappa shape index (κ1) is 23.9. The molecule has 1 atom stereocenters. The number of esters is 1. The van der Waals surface area contributed by atoms with Crippen LogP contribution in [0.1, 0.15) is 42.5 Å². The van der Waals surface area contributed by atoms with E-state index in [1.54, 1.807) is 27.0 Å². The highest BCUT2D eigenvalue weighted by molar-refractivity contribution is 5.96. The number of ether oxygens (including phenoxy) is 2. The van der Waals surface area contributed by atoms with Crippen molar-refractivity contribution in [1.29, 1.82) is 0 Å². The summed E-state index contributed by atoms with van der Waals surface area (Å²) in [7, 11) is 0. The van der Waals surface area contributed by atoms with Gasteiger partial charge >= 0.3 is 12.1 Å². The number of benzene rings is 1. The van der Waals surface area contributed by atoms with E-state index in [0.717, 1.165) is 22.5 Å². The molecule has 0 radical (unpaired) electrons. The van der Waals surface area contributed by atoms with Crippen LogP contribution in [0.25, 0.3) is 10.9 Å². The van der Waals surface area contributed by atoms with Crippen molar-refractivity contribution < 1.29 is 28.2 Å². The van der Waals surface area contributed by atoms with Crippen molar-refractivity contribution in [2.75, 3.05) is 6.61 Å². The quantitative estimate of drug-likeness (QED) is 0.413. The number of Topliss-reactive ketones (excluding diaryl/α,β-unsaturated/α-hetero) is 1. The highest BCUT2D eigenvalue weighted by Crippen LogP contribution is 2.20. The molecule has 0 bridgehead atoms. The van der Waals surface area contributed by atoms with E-state index in [4.69, 9.17) is 9.47 Å². The molecule has 33 heavy (non-hydrogen) atoms. The van der Waals surface area contributed by atoms with Gasteiger partial charge in [0, 0.05) is 23.5 Å². The number of halogens is 1. The Labute approximate surface area is 190 Å². The minimum atomic E-state index is -1.10. The van der Waals surface area contributed by atoms with Crippen molar-refractivity contribution in [3.63, 3.8) is 0 Å². The Balaban J connectivity index is 1.74. The van der Waals surface area contributed by atoms with Crippen LogP contribution in [0.15, 0.2) is 42.6 Å². The summed E-state index contributed by atoms with van der Waals surface area (Å²) >= 11 is 0. The fourth-order valence-corrected chi connectivity index (χ4v) is 3.17. The standard InChI is InChI=1S/C24H26FN3O5/c1-14-17(25)9-10-19(27-14)21(29)13-32-22(30)20(28-23(31)33-24(2,3)4)11-15-12-26-18-8-6-5-7-16(15)18/h5-10,12,20,26H,11,13H2,1-4H3,(H,28,31). The Hall–Kier alpha value is -3.75. The van der Waals surface area contributed by atoms with Gasteiger partial charge in [0.2, 0.25) is 5.78 Å². The maximum Gasteiger partial charge on any atom is 0.408 e. The van der Waals surface area contributed by atoms with E-state index in [1.807, 2.05) is 24.3 Å². The van der Waals surface area contributed by atoms with Gasteiger partial charge in [-0.05, 0) is 51.5 Å². The molecule has 174 valence electrons. The fraction of sp³-hybridized carbons (Fsp3) is 0.333. The number of ketones is 1. The van der Waals surface area contributed by atoms with Crippen LogP contribution in [0.4, 0.5) is 9.18 Å². The zero-order chi connectivity index (χ0) is 24.2. The number of pyridine rings is 1. The number of H-pyrrole nitrogens is 1. The number of carbonyl (C=O) groups excluding carboxylic acids is 3. The molecule has 0 saturated carbocycles. The summed E-state index contributed by atoms with van der Waals surface area (Å²) < 4.78 is 23.8. The number of amides is 1. The van der Waals surface area contributed by atoms with Gasteiger partial charge in [0.15, 0.2) is 6.61 Å². The zero-order valence-electron chi connectivity index (χ0n) is 18.9. The molecule has 0 saturated heterocycles. The second-order valence-electron chi connectivity index (χ2n) is 8.56. The average molecular weight is 455 g/mol. The van der Waals surface area contributed by atoms with Gasteiger partial charge in [-0.3, -0.25) is 4.79 Å². The summed E-state index contributed by atoms with van der Waals surface area (Å²) in [4.78, 5) is 44.5. The second-order valence-corrected chi connectivity index (χ2v) is 8.56. The Kier molecular flexibility index (Phi) is 7.10. The monoisotopic (exact) mass is 455 g/mol. The summed E-state index contributed by atoms with van der Waals surface area (Å²) in [6.07, 6.45) is 1.08. The molecule has 3 rings (SSSR count). The molecule has 1 aromatic carbocycles. The predicted octanol–water partition coefficient (Wildman–Crippen LogP) is 3.87. The number of aryl methyl sites for hydroxylation is 1. The molecule has 0 aliphatic rings. The normalized spacial score (nSPS) is 12.3. The number of alkyl carbamates (subject to hydrolysis) is 1. The maximum atomic E-state index is 13.4. The van der Waals surface area contributed by atoms with E-state index in [2.05, 4.69) is 15.3 Å². The van der Waals surface area contributed by atoms with Crippen molar-refractivity contribution in [3.8, 4) is 0 Å². The van der Waals surface area contributed by atoms with E-state index in [1.165, 1.54) is 13.0 Å².